The number of ether oxygens (including phenoxy) is 1. The largest absolute Gasteiger partial charge is 0.376 e. The molecule has 0 spiro atoms. The first kappa shape index (κ1) is 13.9. The maximum atomic E-state index is 6.11. The molecule has 1 aromatic rings. The monoisotopic (exact) mass is 337 g/mol. The van der Waals surface area contributed by atoms with Gasteiger partial charge in [-0.15, -0.1) is 0 Å². The van der Waals surface area contributed by atoms with Gasteiger partial charge in [-0.2, -0.15) is 0 Å². The Kier molecular flexibility index (Phi) is 3.73. The molecular weight excluding hydrogens is 318 g/mol. The molecule has 1 fully saturated rings. The van der Waals surface area contributed by atoms with Crippen LogP contribution in [0.5, 0.6) is 0 Å². The average Bonchev–Trinajstić information content (AvgIpc) is 3.04. The van der Waals surface area contributed by atoms with Gasteiger partial charge >= 0.3 is 0 Å². The summed E-state index contributed by atoms with van der Waals surface area (Å²) in [7, 11) is 0. The molecule has 2 aliphatic heterocycles. The van der Waals surface area contributed by atoms with Crippen LogP contribution in [0.4, 0.5) is 0 Å². The molecule has 4 nitrogen and oxygen atoms in total. The highest BCUT2D eigenvalue weighted by Crippen LogP contribution is 2.34. The van der Waals surface area contributed by atoms with Crippen molar-refractivity contribution in [1.29, 1.82) is 0 Å². The number of aliphatic imine (C=N–C) groups is 1. The molecule has 0 saturated carbocycles. The molecule has 0 bridgehead atoms. The van der Waals surface area contributed by atoms with Gasteiger partial charge < -0.3 is 15.4 Å². The Bertz CT molecular complexity index is 510. The van der Waals surface area contributed by atoms with Crippen molar-refractivity contribution in [2.75, 3.05) is 19.7 Å². The zero-order chi connectivity index (χ0) is 14.2. The van der Waals surface area contributed by atoms with Gasteiger partial charge in [-0.25, -0.2) is 0 Å². The van der Waals surface area contributed by atoms with E-state index in [2.05, 4.69) is 57.0 Å². The van der Waals surface area contributed by atoms with Crippen molar-refractivity contribution in [3.63, 3.8) is 0 Å². The van der Waals surface area contributed by atoms with Crippen LogP contribution in [0.25, 0.3) is 0 Å². The van der Waals surface area contributed by atoms with E-state index in [1.165, 1.54) is 5.56 Å². The normalized spacial score (nSPS) is 29.8. The van der Waals surface area contributed by atoms with Gasteiger partial charge in [0.05, 0.1) is 18.2 Å². The second kappa shape index (κ2) is 5.37. The number of hydrogen-bond donors (Lipinski definition) is 1. The van der Waals surface area contributed by atoms with Crippen LogP contribution >= 0.6 is 15.9 Å². The highest BCUT2D eigenvalue weighted by atomic mass is 79.9. The van der Waals surface area contributed by atoms with Crippen molar-refractivity contribution < 1.29 is 4.74 Å². The van der Waals surface area contributed by atoms with Gasteiger partial charge in [0.15, 0.2) is 5.96 Å². The minimum Gasteiger partial charge on any atom is -0.376 e. The van der Waals surface area contributed by atoms with Crippen molar-refractivity contribution in [2.24, 2.45) is 10.7 Å². The SMILES string of the molecule is CC1(c2ccc(Br)cc2)CN=C(N)N1CC1CCCO1. The van der Waals surface area contributed by atoms with Gasteiger partial charge in [-0.3, -0.25) is 4.99 Å². The fraction of sp³-hybridized carbons (Fsp3) is 0.533. The fourth-order valence-electron chi connectivity index (χ4n) is 3.00. The highest BCUT2D eigenvalue weighted by molar-refractivity contribution is 9.10. The Labute approximate surface area is 128 Å². The molecule has 3 rings (SSSR count). The lowest BCUT2D eigenvalue weighted by atomic mass is 9.91. The van der Waals surface area contributed by atoms with Crippen molar-refractivity contribution in [1.82, 2.24) is 4.90 Å². The molecule has 20 heavy (non-hydrogen) atoms. The van der Waals surface area contributed by atoms with E-state index in [4.69, 9.17) is 10.5 Å². The molecule has 0 aromatic heterocycles. The summed E-state index contributed by atoms with van der Waals surface area (Å²) in [5.74, 6) is 0.630. The number of guanidine groups is 1. The number of nitrogens with zero attached hydrogens (tertiary/aromatic N) is 2. The molecule has 2 atom stereocenters. The van der Waals surface area contributed by atoms with Crippen molar-refractivity contribution in [3.05, 3.63) is 34.3 Å². The number of hydrogen-bond acceptors (Lipinski definition) is 4. The predicted octanol–water partition coefficient (Wildman–Crippen LogP) is 2.47. The van der Waals surface area contributed by atoms with E-state index in [1.54, 1.807) is 0 Å². The second-order valence-electron chi connectivity index (χ2n) is 5.70. The van der Waals surface area contributed by atoms with Crippen LogP contribution in [-0.4, -0.2) is 36.7 Å². The Morgan fingerprint density at radius 2 is 2.20 bits per heavy atom. The van der Waals surface area contributed by atoms with Crippen LogP contribution in [0.2, 0.25) is 0 Å². The first-order chi connectivity index (χ1) is 9.59. The average molecular weight is 338 g/mol. The van der Waals surface area contributed by atoms with Crippen LogP contribution in [0, 0.1) is 0 Å². The topological polar surface area (TPSA) is 50.8 Å². The highest BCUT2D eigenvalue weighted by Gasteiger charge is 2.40. The van der Waals surface area contributed by atoms with Gasteiger partial charge in [0, 0.05) is 17.6 Å². The molecule has 2 heterocycles. The zero-order valence-corrected chi connectivity index (χ0v) is 13.3. The van der Waals surface area contributed by atoms with E-state index < -0.39 is 0 Å². The predicted molar refractivity (Wildman–Crippen MR) is 83.7 cm³/mol. The quantitative estimate of drug-likeness (QED) is 0.921. The number of halogens is 1. The zero-order valence-electron chi connectivity index (χ0n) is 11.7. The van der Waals surface area contributed by atoms with Gasteiger partial charge in [0.2, 0.25) is 0 Å². The number of nitrogens with two attached hydrogens (primary N) is 1. The third kappa shape index (κ3) is 2.44. The lowest BCUT2D eigenvalue weighted by Crippen LogP contribution is -2.50. The van der Waals surface area contributed by atoms with Gasteiger partial charge in [-0.05, 0) is 37.5 Å². The van der Waals surface area contributed by atoms with Crippen LogP contribution in [0.15, 0.2) is 33.7 Å². The molecule has 2 N–H and O–H groups in total. The van der Waals surface area contributed by atoms with Gasteiger partial charge in [0.1, 0.15) is 0 Å². The van der Waals surface area contributed by atoms with E-state index in [-0.39, 0.29) is 11.6 Å². The third-order valence-electron chi connectivity index (χ3n) is 4.30. The van der Waals surface area contributed by atoms with Crippen LogP contribution in [0.3, 0.4) is 0 Å². The molecule has 0 radical (unpaired) electrons. The van der Waals surface area contributed by atoms with Crippen molar-refractivity contribution >= 4 is 21.9 Å². The molecule has 2 unspecified atom stereocenters. The summed E-state index contributed by atoms with van der Waals surface area (Å²) in [6, 6.07) is 8.42. The summed E-state index contributed by atoms with van der Waals surface area (Å²) in [5, 5.41) is 0. The standard InChI is InChI=1S/C15H20BrN3O/c1-15(11-4-6-12(16)7-5-11)10-18-14(17)19(15)9-13-3-2-8-20-13/h4-7,13H,2-3,8-10H2,1H3,(H2,17,18). The molecule has 0 amide bonds. The summed E-state index contributed by atoms with van der Waals surface area (Å²) < 4.78 is 6.84. The Morgan fingerprint density at radius 1 is 1.45 bits per heavy atom. The molecule has 5 heteroatoms. The minimum absolute atomic E-state index is 0.170. The molecule has 0 aliphatic carbocycles. The molecule has 2 aliphatic rings. The van der Waals surface area contributed by atoms with E-state index in [9.17, 15) is 0 Å². The van der Waals surface area contributed by atoms with E-state index in [1.807, 2.05) is 0 Å². The molecular formula is C15H20BrN3O. The Balaban J connectivity index is 1.84. The van der Waals surface area contributed by atoms with Gasteiger partial charge in [-0.1, -0.05) is 28.1 Å². The third-order valence-corrected chi connectivity index (χ3v) is 4.83. The van der Waals surface area contributed by atoms with Crippen molar-refractivity contribution in [2.45, 2.75) is 31.4 Å². The molecule has 1 saturated heterocycles. The van der Waals surface area contributed by atoms with Crippen LogP contribution < -0.4 is 5.73 Å². The van der Waals surface area contributed by atoms with Crippen LogP contribution in [0.1, 0.15) is 25.3 Å². The summed E-state index contributed by atoms with van der Waals surface area (Å²) in [6.07, 6.45) is 2.53. The second-order valence-corrected chi connectivity index (χ2v) is 6.62. The van der Waals surface area contributed by atoms with E-state index in [0.29, 0.717) is 12.5 Å². The number of rotatable bonds is 3. The summed E-state index contributed by atoms with van der Waals surface area (Å²) >= 11 is 3.48. The lowest BCUT2D eigenvalue weighted by Gasteiger charge is -2.38. The summed E-state index contributed by atoms with van der Waals surface area (Å²) in [5.41, 5.74) is 7.18. The summed E-state index contributed by atoms with van der Waals surface area (Å²) in [6.45, 7) is 4.59. The van der Waals surface area contributed by atoms with E-state index >= 15 is 0 Å². The maximum absolute atomic E-state index is 6.11. The maximum Gasteiger partial charge on any atom is 0.192 e. The molecule has 1 aromatic carbocycles. The smallest absolute Gasteiger partial charge is 0.192 e. The fourth-order valence-corrected chi connectivity index (χ4v) is 3.27. The first-order valence-electron chi connectivity index (χ1n) is 7.05. The summed E-state index contributed by atoms with van der Waals surface area (Å²) in [4.78, 5) is 6.67. The first-order valence-corrected chi connectivity index (χ1v) is 7.84. The van der Waals surface area contributed by atoms with E-state index in [0.717, 1.165) is 30.5 Å². The lowest BCUT2D eigenvalue weighted by molar-refractivity contribution is 0.0690. The van der Waals surface area contributed by atoms with Crippen LogP contribution in [-0.2, 0) is 10.3 Å². The Hall–Kier alpha value is -1.07. The number of benzene rings is 1. The molecule has 108 valence electrons. The Morgan fingerprint density at radius 3 is 2.85 bits per heavy atom. The minimum atomic E-state index is -0.170. The van der Waals surface area contributed by atoms with Gasteiger partial charge in [0.25, 0.3) is 0 Å². The van der Waals surface area contributed by atoms with Crippen molar-refractivity contribution in [3.8, 4) is 0 Å².